The van der Waals surface area contributed by atoms with Gasteiger partial charge in [-0.2, -0.15) is 5.10 Å². The molecule has 1 aliphatic carbocycles. The quantitative estimate of drug-likeness (QED) is 0.334. The van der Waals surface area contributed by atoms with Crippen LogP contribution in [0.4, 0.5) is 5.82 Å². The summed E-state index contributed by atoms with van der Waals surface area (Å²) >= 11 is 0. The lowest BCUT2D eigenvalue weighted by Crippen LogP contribution is -2.44. The summed E-state index contributed by atoms with van der Waals surface area (Å²) in [6.45, 7) is 0.752. The second kappa shape index (κ2) is 11.5. The number of aryl methyl sites for hydroxylation is 1. The first-order chi connectivity index (χ1) is 17.0. The minimum absolute atomic E-state index is 0.126. The molecule has 0 aliphatic heterocycles. The number of nitrogens with one attached hydrogen (secondary N) is 3. The number of benzene rings is 2. The Morgan fingerprint density at radius 1 is 1.17 bits per heavy atom. The SMILES string of the molecule is CNC(=O)c1ccc(-c2cc(NC(O)N[C@@H]3C[C@@H](CCOC)C[C@H]3c3ccccc3)n(C)n2)cc1. The van der Waals surface area contributed by atoms with Crippen LogP contribution in [-0.2, 0) is 11.8 Å². The highest BCUT2D eigenvalue weighted by atomic mass is 16.5. The van der Waals surface area contributed by atoms with Crippen LogP contribution in [0, 0.1) is 5.92 Å². The van der Waals surface area contributed by atoms with Crippen molar-refractivity contribution in [3.8, 4) is 11.3 Å². The smallest absolute Gasteiger partial charge is 0.251 e. The topological polar surface area (TPSA) is 100 Å². The number of aromatic nitrogens is 2. The molecule has 0 bridgehead atoms. The van der Waals surface area contributed by atoms with Crippen molar-refractivity contribution in [2.45, 2.75) is 37.6 Å². The summed E-state index contributed by atoms with van der Waals surface area (Å²) in [5.74, 6) is 1.45. The van der Waals surface area contributed by atoms with Crippen molar-refractivity contribution in [3.63, 3.8) is 0 Å². The third kappa shape index (κ3) is 6.08. The van der Waals surface area contributed by atoms with Crippen molar-refractivity contribution in [2.24, 2.45) is 13.0 Å². The van der Waals surface area contributed by atoms with Gasteiger partial charge in [0.15, 0.2) is 6.35 Å². The average Bonchev–Trinajstić information content (AvgIpc) is 3.45. The summed E-state index contributed by atoms with van der Waals surface area (Å²) in [7, 11) is 5.19. The van der Waals surface area contributed by atoms with Crippen LogP contribution in [0.2, 0.25) is 0 Å². The van der Waals surface area contributed by atoms with Gasteiger partial charge in [-0.1, -0.05) is 42.5 Å². The highest BCUT2D eigenvalue weighted by Crippen LogP contribution is 2.40. The first-order valence-electron chi connectivity index (χ1n) is 12.1. The number of methoxy groups -OCH3 is 1. The van der Waals surface area contributed by atoms with Crippen LogP contribution < -0.4 is 16.0 Å². The van der Waals surface area contributed by atoms with Gasteiger partial charge in [0.05, 0.1) is 5.69 Å². The number of hydrogen-bond donors (Lipinski definition) is 4. The minimum atomic E-state index is -0.925. The molecule has 1 unspecified atom stereocenters. The molecule has 0 saturated heterocycles. The number of anilines is 1. The van der Waals surface area contributed by atoms with Crippen LogP contribution in [0.5, 0.6) is 0 Å². The zero-order chi connectivity index (χ0) is 24.8. The molecule has 4 atom stereocenters. The Bertz CT molecular complexity index is 1100. The van der Waals surface area contributed by atoms with Crippen LogP contribution >= 0.6 is 0 Å². The Morgan fingerprint density at radius 3 is 2.60 bits per heavy atom. The van der Waals surface area contributed by atoms with E-state index in [0.29, 0.717) is 23.2 Å². The third-order valence-electron chi connectivity index (χ3n) is 6.82. The predicted octanol–water partition coefficient (Wildman–Crippen LogP) is 3.32. The van der Waals surface area contributed by atoms with Crippen molar-refractivity contribution < 1.29 is 14.6 Å². The lowest BCUT2D eigenvalue weighted by molar-refractivity contribution is 0.0963. The monoisotopic (exact) mass is 477 g/mol. The standard InChI is InChI=1S/C27H35N5O3/c1-28-26(33)21-11-9-20(10-12-21)23-17-25(32(2)31-23)30-27(34)29-24-16-18(13-14-35-3)15-22(24)19-7-5-4-6-8-19/h4-12,17-18,22,24,27,29-30,34H,13-16H2,1-3H3,(H,28,33)/t18-,22-,24+,27?/m0/s1. The zero-order valence-electron chi connectivity index (χ0n) is 20.6. The van der Waals surface area contributed by atoms with Crippen molar-refractivity contribution in [3.05, 3.63) is 71.8 Å². The molecule has 1 heterocycles. The molecule has 4 N–H and O–H groups in total. The first kappa shape index (κ1) is 24.9. The lowest BCUT2D eigenvalue weighted by Gasteiger charge is -2.25. The highest BCUT2D eigenvalue weighted by molar-refractivity contribution is 5.94. The molecule has 3 aromatic rings. The summed E-state index contributed by atoms with van der Waals surface area (Å²) in [6.07, 6.45) is 2.15. The molecule has 35 heavy (non-hydrogen) atoms. The fourth-order valence-electron chi connectivity index (χ4n) is 4.98. The van der Waals surface area contributed by atoms with E-state index >= 15 is 0 Å². The number of nitrogens with zero attached hydrogens (tertiary/aromatic N) is 2. The summed E-state index contributed by atoms with van der Waals surface area (Å²) < 4.78 is 7.01. The summed E-state index contributed by atoms with van der Waals surface area (Å²) in [5, 5.41) is 24.6. The first-order valence-corrected chi connectivity index (χ1v) is 12.1. The van der Waals surface area contributed by atoms with Crippen LogP contribution in [0.1, 0.15) is 41.1 Å². The number of aliphatic hydroxyl groups excluding tert-OH is 1. The number of amides is 1. The normalized spacial score (nSPS) is 20.5. The van der Waals surface area contributed by atoms with E-state index in [0.717, 1.165) is 37.1 Å². The maximum Gasteiger partial charge on any atom is 0.251 e. The number of rotatable bonds is 10. The summed E-state index contributed by atoms with van der Waals surface area (Å²) in [5.41, 5.74) is 3.54. The van der Waals surface area contributed by atoms with Crippen LogP contribution in [0.15, 0.2) is 60.7 Å². The maximum absolute atomic E-state index is 11.8. The van der Waals surface area contributed by atoms with E-state index in [4.69, 9.17) is 4.74 Å². The van der Waals surface area contributed by atoms with E-state index in [1.807, 2.05) is 31.3 Å². The van der Waals surface area contributed by atoms with Crippen LogP contribution in [0.3, 0.4) is 0 Å². The Kier molecular flexibility index (Phi) is 8.17. The van der Waals surface area contributed by atoms with Gasteiger partial charge in [0.2, 0.25) is 0 Å². The number of hydrogen-bond acceptors (Lipinski definition) is 6. The second-order valence-electron chi connectivity index (χ2n) is 9.15. The Labute approximate surface area is 206 Å². The molecule has 1 saturated carbocycles. The van der Waals surface area contributed by atoms with Crippen molar-refractivity contribution in [1.82, 2.24) is 20.4 Å². The predicted molar refractivity (Wildman–Crippen MR) is 137 cm³/mol. The molecule has 2 aromatic carbocycles. The number of aliphatic hydroxyl groups is 1. The fraction of sp³-hybridized carbons (Fsp3) is 0.407. The molecule has 0 radical (unpaired) electrons. The molecular formula is C27H35N5O3. The maximum atomic E-state index is 11.8. The Morgan fingerprint density at radius 2 is 1.91 bits per heavy atom. The van der Waals surface area contributed by atoms with Gasteiger partial charge in [0.25, 0.3) is 5.91 Å². The molecule has 1 aromatic heterocycles. The van der Waals surface area contributed by atoms with Crippen LogP contribution in [0.25, 0.3) is 11.3 Å². The van der Waals surface area contributed by atoms with Gasteiger partial charge in [0, 0.05) is 51.0 Å². The van der Waals surface area contributed by atoms with Gasteiger partial charge in [0.1, 0.15) is 5.82 Å². The van der Waals surface area contributed by atoms with E-state index < -0.39 is 6.35 Å². The van der Waals surface area contributed by atoms with E-state index in [-0.39, 0.29) is 11.9 Å². The minimum Gasteiger partial charge on any atom is -0.385 e. The third-order valence-corrected chi connectivity index (χ3v) is 6.82. The fourth-order valence-corrected chi connectivity index (χ4v) is 4.98. The summed E-state index contributed by atoms with van der Waals surface area (Å²) in [4.78, 5) is 11.8. The van der Waals surface area contributed by atoms with Gasteiger partial charge in [-0.25, -0.2) is 0 Å². The van der Waals surface area contributed by atoms with E-state index in [9.17, 15) is 9.90 Å². The molecule has 1 amide bonds. The van der Waals surface area contributed by atoms with E-state index in [2.05, 4.69) is 45.3 Å². The van der Waals surface area contributed by atoms with Gasteiger partial charge >= 0.3 is 0 Å². The highest BCUT2D eigenvalue weighted by Gasteiger charge is 2.35. The van der Waals surface area contributed by atoms with Crippen LogP contribution in [-0.4, -0.2) is 54.0 Å². The van der Waals surface area contributed by atoms with Crippen molar-refractivity contribution >= 4 is 11.7 Å². The van der Waals surface area contributed by atoms with Gasteiger partial charge in [-0.15, -0.1) is 0 Å². The molecular weight excluding hydrogens is 442 g/mol. The number of ether oxygens (including phenoxy) is 1. The lowest BCUT2D eigenvalue weighted by atomic mass is 9.93. The molecule has 4 rings (SSSR count). The average molecular weight is 478 g/mol. The Hall–Kier alpha value is -3.20. The van der Waals surface area contributed by atoms with Crippen molar-refractivity contribution in [2.75, 3.05) is 26.1 Å². The van der Waals surface area contributed by atoms with Gasteiger partial charge in [-0.05, 0) is 48.8 Å². The Balaban J connectivity index is 1.43. The molecule has 8 nitrogen and oxygen atoms in total. The molecule has 8 heteroatoms. The molecule has 186 valence electrons. The van der Waals surface area contributed by atoms with Gasteiger partial charge in [-0.3, -0.25) is 14.8 Å². The largest absolute Gasteiger partial charge is 0.385 e. The van der Waals surface area contributed by atoms with E-state index in [1.54, 1.807) is 31.0 Å². The van der Waals surface area contributed by atoms with Gasteiger partial charge < -0.3 is 20.5 Å². The number of carbonyl (C=O) groups excluding carboxylic acids is 1. The van der Waals surface area contributed by atoms with Crippen molar-refractivity contribution in [1.29, 1.82) is 0 Å². The molecule has 1 aliphatic rings. The zero-order valence-corrected chi connectivity index (χ0v) is 20.6. The molecule has 1 fully saturated rings. The second-order valence-corrected chi connectivity index (χ2v) is 9.15. The van der Waals surface area contributed by atoms with E-state index in [1.165, 1.54) is 5.56 Å². The summed E-state index contributed by atoms with van der Waals surface area (Å²) in [6, 6.07) is 19.8. The molecule has 0 spiro atoms. The number of carbonyl (C=O) groups is 1.